The molecule has 1 spiro atoms. The van der Waals surface area contributed by atoms with E-state index < -0.39 is 126 Å². The number of esters is 3. The van der Waals surface area contributed by atoms with Crippen molar-refractivity contribution in [2.45, 2.75) is 101 Å². The predicted octanol–water partition coefficient (Wildman–Crippen LogP) is -2.29. The van der Waals surface area contributed by atoms with Gasteiger partial charge in [-0.3, -0.25) is 9.59 Å². The number of rotatable bonds is 7. The Balaban J connectivity index is 1.45. The molecular formula is C32H44O16. The summed E-state index contributed by atoms with van der Waals surface area (Å²) in [5, 5.41) is 64.6. The van der Waals surface area contributed by atoms with E-state index in [2.05, 4.69) is 0 Å². The van der Waals surface area contributed by atoms with Crippen molar-refractivity contribution in [2.24, 2.45) is 40.4 Å². The molecule has 16 atom stereocenters. The third-order valence-electron chi connectivity index (χ3n) is 11.8. The lowest BCUT2D eigenvalue weighted by atomic mass is 9.37. The normalized spacial score (nSPS) is 49.3. The van der Waals surface area contributed by atoms with Gasteiger partial charge < -0.3 is 59.1 Å². The third-order valence-corrected chi connectivity index (χ3v) is 11.8. The molecule has 268 valence electrons. The highest BCUT2D eigenvalue weighted by Gasteiger charge is 2.86. The predicted molar refractivity (Wildman–Crippen MR) is 155 cm³/mol. The average Bonchev–Trinajstić information content (AvgIpc) is 3.34. The summed E-state index contributed by atoms with van der Waals surface area (Å²) in [5.74, 6) is -7.81. The van der Waals surface area contributed by atoms with Gasteiger partial charge in [-0.15, -0.1) is 0 Å². The van der Waals surface area contributed by atoms with E-state index in [1.807, 2.05) is 0 Å². The van der Waals surface area contributed by atoms with Crippen LogP contribution in [0.4, 0.5) is 0 Å². The molecule has 5 fully saturated rings. The molecule has 2 bridgehead atoms. The van der Waals surface area contributed by atoms with Crippen LogP contribution in [0.1, 0.15) is 40.5 Å². The van der Waals surface area contributed by atoms with Crippen molar-refractivity contribution in [1.29, 1.82) is 0 Å². The fraction of sp³-hybridized carbons (Fsp3) is 0.812. The van der Waals surface area contributed by atoms with Gasteiger partial charge in [-0.25, -0.2) is 9.59 Å². The van der Waals surface area contributed by atoms with Crippen molar-refractivity contribution in [3.05, 3.63) is 11.8 Å². The molecule has 0 unspecified atom stereocenters. The number of hydrogen-bond acceptors (Lipinski definition) is 16. The number of aliphatic hydroxyl groups is 6. The maximum absolute atomic E-state index is 14.7. The number of aliphatic hydroxyl groups excluding tert-OH is 6. The number of hydrogen-bond donors (Lipinski definition) is 6. The van der Waals surface area contributed by atoms with E-state index in [4.69, 9.17) is 28.4 Å². The first-order valence-electron chi connectivity index (χ1n) is 16.2. The molecule has 3 saturated heterocycles. The van der Waals surface area contributed by atoms with E-state index >= 15 is 0 Å². The number of methoxy groups -OCH3 is 1. The Hall–Kier alpha value is -2.70. The van der Waals surface area contributed by atoms with Crippen LogP contribution in [0.3, 0.4) is 0 Å². The fourth-order valence-corrected chi connectivity index (χ4v) is 9.72. The quantitative estimate of drug-likeness (QED) is 0.122. The van der Waals surface area contributed by atoms with E-state index in [9.17, 15) is 49.8 Å². The highest BCUT2D eigenvalue weighted by molar-refractivity contribution is 6.00. The topological polar surface area (TPSA) is 245 Å². The van der Waals surface area contributed by atoms with Crippen LogP contribution in [0, 0.1) is 40.4 Å². The van der Waals surface area contributed by atoms with Gasteiger partial charge in [0.15, 0.2) is 5.76 Å². The molecule has 0 aromatic carbocycles. The molecule has 6 N–H and O–H groups in total. The van der Waals surface area contributed by atoms with Gasteiger partial charge in [-0.05, 0) is 30.3 Å². The Morgan fingerprint density at radius 3 is 2.35 bits per heavy atom. The molecule has 0 aromatic heterocycles. The molecule has 48 heavy (non-hydrogen) atoms. The van der Waals surface area contributed by atoms with Crippen LogP contribution in [-0.4, -0.2) is 135 Å². The van der Waals surface area contributed by atoms with Gasteiger partial charge in [-0.2, -0.15) is 0 Å². The summed E-state index contributed by atoms with van der Waals surface area (Å²) >= 11 is 0. The third kappa shape index (κ3) is 4.56. The molecule has 0 radical (unpaired) electrons. The molecular weight excluding hydrogens is 640 g/mol. The molecule has 3 aliphatic heterocycles. The second-order valence-electron chi connectivity index (χ2n) is 14.7. The van der Waals surface area contributed by atoms with Crippen LogP contribution >= 0.6 is 0 Å². The van der Waals surface area contributed by atoms with Gasteiger partial charge in [0.1, 0.15) is 36.6 Å². The molecule has 3 aliphatic carbocycles. The van der Waals surface area contributed by atoms with Gasteiger partial charge in [0, 0.05) is 23.2 Å². The minimum Gasteiger partial charge on any atom is -0.467 e. The summed E-state index contributed by atoms with van der Waals surface area (Å²) in [4.78, 5) is 54.9. The van der Waals surface area contributed by atoms with Crippen LogP contribution < -0.4 is 0 Å². The Morgan fingerprint density at radius 2 is 1.73 bits per heavy atom. The highest BCUT2D eigenvalue weighted by Crippen LogP contribution is 2.72. The monoisotopic (exact) mass is 684 g/mol. The molecule has 0 amide bonds. The number of fused-ring (bicyclic) bond motifs is 2. The van der Waals surface area contributed by atoms with Crippen LogP contribution in [0.15, 0.2) is 11.8 Å². The van der Waals surface area contributed by atoms with E-state index in [1.165, 1.54) is 6.08 Å². The maximum atomic E-state index is 14.7. The number of allylic oxidation sites excluding steroid dienone is 2. The van der Waals surface area contributed by atoms with Crippen LogP contribution in [0.25, 0.3) is 0 Å². The van der Waals surface area contributed by atoms with Crippen LogP contribution in [0.2, 0.25) is 0 Å². The van der Waals surface area contributed by atoms with Gasteiger partial charge in [0.2, 0.25) is 23.8 Å². The lowest BCUT2D eigenvalue weighted by molar-refractivity contribution is -0.298. The minimum atomic E-state index is -2.36. The second-order valence-corrected chi connectivity index (χ2v) is 14.7. The summed E-state index contributed by atoms with van der Waals surface area (Å²) in [6, 6.07) is 0. The fourth-order valence-electron chi connectivity index (χ4n) is 9.72. The highest BCUT2D eigenvalue weighted by atomic mass is 16.7. The van der Waals surface area contributed by atoms with Crippen molar-refractivity contribution in [3.63, 3.8) is 0 Å². The maximum Gasteiger partial charge on any atom is 0.348 e. The number of ether oxygens (including phenoxy) is 6. The molecule has 6 rings (SSSR count). The van der Waals surface area contributed by atoms with Crippen LogP contribution in [0.5, 0.6) is 0 Å². The molecule has 0 aromatic rings. The van der Waals surface area contributed by atoms with E-state index in [1.54, 1.807) is 27.7 Å². The summed E-state index contributed by atoms with van der Waals surface area (Å²) in [7, 11) is 1.05. The van der Waals surface area contributed by atoms with Gasteiger partial charge in [-0.1, -0.05) is 27.7 Å². The van der Waals surface area contributed by atoms with E-state index in [0.717, 1.165) is 7.11 Å². The van der Waals surface area contributed by atoms with Crippen molar-refractivity contribution >= 4 is 23.7 Å². The first kappa shape index (κ1) is 35.1. The summed E-state index contributed by atoms with van der Waals surface area (Å²) < 4.78 is 34.2. The number of ketones is 1. The van der Waals surface area contributed by atoms with Crippen molar-refractivity contribution in [1.82, 2.24) is 0 Å². The number of carbonyl (C=O) groups excluding carboxylic acids is 4. The average molecular weight is 685 g/mol. The van der Waals surface area contributed by atoms with E-state index in [0.29, 0.717) is 0 Å². The van der Waals surface area contributed by atoms with Crippen LogP contribution in [-0.2, 0) is 47.6 Å². The Morgan fingerprint density at radius 1 is 1.04 bits per heavy atom. The Labute approximate surface area is 275 Å². The summed E-state index contributed by atoms with van der Waals surface area (Å²) in [6.45, 7) is 5.77. The minimum absolute atomic E-state index is 0.0576. The number of Topliss-reactive ketones (excluding diaryl/α,β-unsaturated/α-hetero) is 1. The first-order valence-corrected chi connectivity index (χ1v) is 16.2. The zero-order valence-corrected chi connectivity index (χ0v) is 27.3. The molecule has 3 heterocycles. The first-order chi connectivity index (χ1) is 22.5. The lowest BCUT2D eigenvalue weighted by Crippen LogP contribution is -2.80. The van der Waals surface area contributed by atoms with Gasteiger partial charge in [0.05, 0.1) is 32.3 Å². The lowest BCUT2D eigenvalue weighted by Gasteiger charge is -2.67. The van der Waals surface area contributed by atoms with Crippen molar-refractivity contribution < 1.29 is 78.2 Å². The SMILES string of the molecule is COC(=O)[C@@]12OC[C@@]34[C@H](C[C@H]5[C@@H](C)C=C(O[C@@H]6O[C@H](CO)[C@@H](O)[C@@H](O)[C@@H]6O)C(=O)[C@]5(C)[C@H]3[C@H](O)[C@H]1O)OC(=O)[C@H](OC(=O)CC(C)C)[C@H]24. The van der Waals surface area contributed by atoms with Crippen molar-refractivity contribution in [3.8, 4) is 0 Å². The molecule has 6 aliphatic rings. The molecule has 16 nitrogen and oxygen atoms in total. The number of carbonyl (C=O) groups is 4. The molecule has 2 saturated carbocycles. The standard InChI is InChI=1S/C32H44O16/c1-11(2)6-17(34)48-22-24-31-10-44-32(24,29(42)43-5)26(40)21(38)23(31)30(4)13(8-16(31)47-27(22)41)12(3)7-14(25(30)39)45-28-20(37)19(36)18(35)15(9-33)46-28/h7,11-13,15-16,18-24,26,28,33,35-38,40H,6,8-10H2,1-5H3/t12-,13-,15+,16-,18+,19+,20-,21-,22+,23+,24-,26+,28+,30-,31+,32-/m0/s1. The van der Waals surface area contributed by atoms with Gasteiger partial charge in [0.25, 0.3) is 0 Å². The van der Waals surface area contributed by atoms with Gasteiger partial charge >= 0.3 is 17.9 Å². The smallest absolute Gasteiger partial charge is 0.348 e. The molecule has 16 heteroatoms. The Kier molecular flexibility index (Phi) is 8.76. The van der Waals surface area contributed by atoms with Crippen molar-refractivity contribution in [2.75, 3.05) is 20.3 Å². The Bertz CT molecular complexity index is 1380. The second kappa shape index (κ2) is 12.0. The summed E-state index contributed by atoms with van der Waals surface area (Å²) in [5.41, 5.74) is -5.52. The summed E-state index contributed by atoms with van der Waals surface area (Å²) in [6.07, 6.45) is -13.5. The zero-order valence-electron chi connectivity index (χ0n) is 27.3. The zero-order chi connectivity index (χ0) is 35.2. The largest absolute Gasteiger partial charge is 0.467 e. The van der Waals surface area contributed by atoms with E-state index in [-0.39, 0.29) is 31.1 Å².